The van der Waals surface area contributed by atoms with E-state index < -0.39 is 6.34 Å². The molecule has 3 aliphatic rings. The van der Waals surface area contributed by atoms with E-state index in [1.807, 2.05) is 6.26 Å². The van der Waals surface area contributed by atoms with Crippen LogP contribution in [0, 0.1) is 0 Å². The minimum absolute atomic E-state index is 0.843. The lowest BCUT2D eigenvalue weighted by Crippen LogP contribution is -2.38. The summed E-state index contributed by atoms with van der Waals surface area (Å²) in [7, 11) is 0. The number of hydrogen-bond acceptors (Lipinski definition) is 2. The Morgan fingerprint density at radius 1 is 0.895 bits per heavy atom. The van der Waals surface area contributed by atoms with E-state index in [0.29, 0.717) is 0 Å². The van der Waals surface area contributed by atoms with Crippen LogP contribution in [0.4, 0.5) is 0 Å². The van der Waals surface area contributed by atoms with Crippen molar-refractivity contribution in [2.24, 2.45) is 0 Å². The van der Waals surface area contributed by atoms with Crippen LogP contribution in [-0.2, 0) is 16.5 Å². The number of hydrogen-bond donors (Lipinski definition) is 0. The van der Waals surface area contributed by atoms with Crippen LogP contribution in [0.3, 0.4) is 0 Å². The molecule has 0 N–H and O–H groups in total. The number of rotatable bonds is 3. The van der Waals surface area contributed by atoms with Crippen LogP contribution in [0.25, 0.3) is 0 Å². The zero-order chi connectivity index (χ0) is 13.1. The molecule has 0 aromatic heterocycles. The van der Waals surface area contributed by atoms with Crippen LogP contribution >= 0.6 is 6.34 Å². The fourth-order valence-corrected chi connectivity index (χ4v) is 8.14. The van der Waals surface area contributed by atoms with Crippen molar-refractivity contribution in [2.45, 2.75) is 44.9 Å². The smallest absolute Gasteiger partial charge is 0.106 e. The van der Waals surface area contributed by atoms with Crippen LogP contribution in [0.1, 0.15) is 44.9 Å². The maximum Gasteiger partial charge on any atom is 0.106 e. The van der Waals surface area contributed by atoms with Crippen molar-refractivity contribution in [3.8, 4) is 0 Å². The van der Waals surface area contributed by atoms with Crippen molar-refractivity contribution >= 4 is 18.1 Å². The van der Waals surface area contributed by atoms with Crippen LogP contribution in [-0.4, -0.2) is 42.1 Å². The number of nitrogens with zero attached hydrogens (tertiary/aromatic N) is 2. The predicted octanol–water partition coefficient (Wildman–Crippen LogP) is 3.53. The first-order chi connectivity index (χ1) is 9.32. The van der Waals surface area contributed by atoms with Gasteiger partial charge in [0.1, 0.15) is 6.34 Å². The Labute approximate surface area is 122 Å². The van der Waals surface area contributed by atoms with Crippen molar-refractivity contribution in [2.75, 3.05) is 32.8 Å². The summed E-state index contributed by atoms with van der Waals surface area (Å²) < 4.78 is 10.8. The molecule has 0 aromatic carbocycles. The Morgan fingerprint density at radius 2 is 1.42 bits per heavy atom. The van der Waals surface area contributed by atoms with Gasteiger partial charge in [-0.1, -0.05) is 24.6 Å². The molecule has 0 atom stereocenters. The first-order valence-electron chi connectivity index (χ1n) is 7.74. The second-order valence-corrected chi connectivity index (χ2v) is 10.1. The third kappa shape index (κ3) is 2.78. The van der Waals surface area contributed by atoms with Gasteiger partial charge in [-0.05, 0) is 25.7 Å². The normalized spacial score (nSPS) is 27.1. The fourth-order valence-electron chi connectivity index (χ4n) is 3.43. The molecule has 19 heavy (non-hydrogen) atoms. The topological polar surface area (TPSA) is 15.7 Å². The molecule has 0 spiro atoms. The van der Waals surface area contributed by atoms with Gasteiger partial charge in [0.15, 0.2) is 0 Å². The molecular weight excluding hydrogens is 275 g/mol. The van der Waals surface area contributed by atoms with Gasteiger partial charge in [0, 0.05) is 37.9 Å². The molecule has 3 aliphatic heterocycles. The van der Waals surface area contributed by atoms with Crippen LogP contribution in [0.5, 0.6) is 0 Å². The SMILES string of the molecule is S=P(C1=COCC1)(N1CCCCC1)N1CCCCC1. The standard InChI is InChI=1S/C14H25N2OPS/c19-18(14-7-12-17-13-14,15-8-3-1-4-9-15)16-10-5-2-6-11-16/h13H,1-12H2. The van der Waals surface area contributed by atoms with E-state index in [0.717, 1.165) is 13.0 Å². The first-order valence-corrected chi connectivity index (χ1v) is 10.4. The van der Waals surface area contributed by atoms with E-state index in [2.05, 4.69) is 9.34 Å². The summed E-state index contributed by atoms with van der Waals surface area (Å²) in [6.07, 6.45) is 9.41. The Hall–Kier alpha value is 0.110. The quantitative estimate of drug-likeness (QED) is 0.741. The van der Waals surface area contributed by atoms with Crippen molar-refractivity contribution in [1.82, 2.24) is 9.34 Å². The van der Waals surface area contributed by atoms with Gasteiger partial charge in [-0.25, -0.2) is 0 Å². The highest BCUT2D eigenvalue weighted by molar-refractivity contribution is 8.14. The van der Waals surface area contributed by atoms with Gasteiger partial charge in [0.05, 0.1) is 12.9 Å². The first kappa shape index (κ1) is 14.1. The van der Waals surface area contributed by atoms with Crippen molar-refractivity contribution < 1.29 is 4.74 Å². The van der Waals surface area contributed by atoms with E-state index in [4.69, 9.17) is 16.5 Å². The van der Waals surface area contributed by atoms with Crippen LogP contribution in [0.15, 0.2) is 11.6 Å². The minimum atomic E-state index is -1.68. The molecule has 0 aromatic rings. The summed E-state index contributed by atoms with van der Waals surface area (Å²) >= 11 is 6.32. The minimum Gasteiger partial charge on any atom is -0.500 e. The number of ether oxygens (including phenoxy) is 1. The van der Waals surface area contributed by atoms with Crippen molar-refractivity contribution in [3.63, 3.8) is 0 Å². The van der Waals surface area contributed by atoms with E-state index >= 15 is 0 Å². The molecule has 3 heterocycles. The Kier molecular flexibility index (Phi) is 4.63. The summed E-state index contributed by atoms with van der Waals surface area (Å²) in [5.74, 6) is 0. The average molecular weight is 300 g/mol. The second kappa shape index (κ2) is 6.26. The maximum atomic E-state index is 6.32. The molecule has 3 nitrogen and oxygen atoms in total. The van der Waals surface area contributed by atoms with E-state index in [1.165, 1.54) is 70.0 Å². The zero-order valence-corrected chi connectivity index (χ0v) is 13.4. The van der Waals surface area contributed by atoms with Crippen molar-refractivity contribution in [3.05, 3.63) is 11.6 Å². The summed E-state index contributed by atoms with van der Waals surface area (Å²) in [6.45, 7) is 5.64. The molecule has 0 bridgehead atoms. The lowest BCUT2D eigenvalue weighted by Gasteiger charge is -2.46. The zero-order valence-electron chi connectivity index (χ0n) is 11.7. The van der Waals surface area contributed by atoms with Gasteiger partial charge in [-0.2, -0.15) is 0 Å². The predicted molar refractivity (Wildman–Crippen MR) is 83.8 cm³/mol. The van der Waals surface area contributed by atoms with Gasteiger partial charge < -0.3 is 4.74 Å². The molecule has 2 fully saturated rings. The largest absolute Gasteiger partial charge is 0.500 e. The molecule has 0 unspecified atom stereocenters. The monoisotopic (exact) mass is 300 g/mol. The molecule has 0 saturated carbocycles. The van der Waals surface area contributed by atoms with Gasteiger partial charge >= 0.3 is 0 Å². The summed E-state index contributed by atoms with van der Waals surface area (Å²) in [5.41, 5.74) is 0. The average Bonchev–Trinajstić information content (AvgIpc) is 3.03. The molecule has 0 amide bonds. The van der Waals surface area contributed by atoms with Crippen LogP contribution < -0.4 is 0 Å². The van der Waals surface area contributed by atoms with E-state index in [9.17, 15) is 0 Å². The highest BCUT2D eigenvalue weighted by Gasteiger charge is 2.38. The van der Waals surface area contributed by atoms with E-state index in [1.54, 1.807) is 0 Å². The highest BCUT2D eigenvalue weighted by atomic mass is 32.4. The molecule has 5 heteroatoms. The third-order valence-corrected chi connectivity index (χ3v) is 10.0. The molecule has 2 saturated heterocycles. The number of piperidine rings is 2. The lowest BCUT2D eigenvalue weighted by atomic mass is 10.2. The fraction of sp³-hybridized carbons (Fsp3) is 0.857. The van der Waals surface area contributed by atoms with Crippen molar-refractivity contribution in [1.29, 1.82) is 0 Å². The maximum absolute atomic E-state index is 6.32. The third-order valence-electron chi connectivity index (χ3n) is 4.50. The van der Waals surface area contributed by atoms with Gasteiger partial charge in [-0.15, -0.1) is 0 Å². The van der Waals surface area contributed by atoms with Gasteiger partial charge in [0.2, 0.25) is 0 Å². The summed E-state index contributed by atoms with van der Waals surface area (Å²) in [4.78, 5) is 0. The lowest BCUT2D eigenvalue weighted by molar-refractivity contribution is 0.281. The highest BCUT2D eigenvalue weighted by Crippen LogP contribution is 2.63. The molecule has 0 aliphatic carbocycles. The van der Waals surface area contributed by atoms with Gasteiger partial charge in [-0.3, -0.25) is 9.34 Å². The Bertz CT molecular complexity index is 365. The molecular formula is C14H25N2OPS. The Morgan fingerprint density at radius 3 is 1.84 bits per heavy atom. The Balaban J connectivity index is 1.86. The van der Waals surface area contributed by atoms with Crippen LogP contribution in [0.2, 0.25) is 0 Å². The molecule has 108 valence electrons. The molecule has 3 rings (SSSR count). The summed E-state index contributed by atoms with van der Waals surface area (Å²) in [5, 5.41) is 1.44. The second-order valence-electron chi connectivity index (χ2n) is 5.80. The van der Waals surface area contributed by atoms with E-state index in [-0.39, 0.29) is 0 Å². The summed E-state index contributed by atoms with van der Waals surface area (Å²) in [6, 6.07) is 0. The van der Waals surface area contributed by atoms with Gasteiger partial charge in [0.25, 0.3) is 0 Å². The molecule has 0 radical (unpaired) electrons.